The van der Waals surface area contributed by atoms with Crippen LogP contribution in [0.4, 0.5) is 17.6 Å². The van der Waals surface area contributed by atoms with Crippen LogP contribution in [-0.4, -0.2) is 11.5 Å². The summed E-state index contributed by atoms with van der Waals surface area (Å²) in [5.41, 5.74) is -3.46. The van der Waals surface area contributed by atoms with Gasteiger partial charge < -0.3 is 0 Å². The topological polar surface area (TPSA) is 17.1 Å². The van der Waals surface area contributed by atoms with Crippen molar-refractivity contribution < 1.29 is 22.4 Å². The quantitative estimate of drug-likeness (QED) is 0.553. The number of rotatable bonds is 2. The average molecular weight is 220 g/mol. The van der Waals surface area contributed by atoms with Crippen molar-refractivity contribution in [1.29, 1.82) is 0 Å². The van der Waals surface area contributed by atoms with E-state index in [0.717, 1.165) is 13.8 Å². The van der Waals surface area contributed by atoms with Crippen molar-refractivity contribution in [2.45, 2.75) is 19.5 Å². The summed E-state index contributed by atoms with van der Waals surface area (Å²) in [6.07, 6.45) is 0. The molecule has 0 aliphatic rings. The molecule has 0 spiro atoms. The van der Waals surface area contributed by atoms with E-state index in [4.69, 9.17) is 0 Å². The van der Waals surface area contributed by atoms with Crippen LogP contribution in [0.1, 0.15) is 24.2 Å². The van der Waals surface area contributed by atoms with Crippen LogP contribution >= 0.6 is 0 Å². The van der Waals surface area contributed by atoms with E-state index in [1.807, 2.05) is 0 Å². The monoisotopic (exact) mass is 220 g/mol. The van der Waals surface area contributed by atoms with Gasteiger partial charge in [-0.1, -0.05) is 0 Å². The molecule has 0 unspecified atom stereocenters. The maximum Gasteiger partial charge on any atom is 0.205 e. The van der Waals surface area contributed by atoms with Crippen LogP contribution in [0, 0.1) is 17.5 Å². The lowest BCUT2D eigenvalue weighted by atomic mass is 9.97. The highest BCUT2D eigenvalue weighted by Gasteiger charge is 2.32. The smallest absolute Gasteiger partial charge is 0.205 e. The van der Waals surface area contributed by atoms with E-state index in [2.05, 4.69) is 0 Å². The van der Waals surface area contributed by atoms with Crippen LogP contribution in [-0.2, 0) is 0 Å². The number of carbonyl (C=O) groups excluding carboxylic acids is 1. The van der Waals surface area contributed by atoms with E-state index < -0.39 is 34.5 Å². The summed E-state index contributed by atoms with van der Waals surface area (Å²) in [7, 11) is 0. The summed E-state index contributed by atoms with van der Waals surface area (Å²) < 4.78 is 51.7. The van der Waals surface area contributed by atoms with E-state index in [9.17, 15) is 22.4 Å². The molecule has 0 aliphatic carbocycles. The predicted octanol–water partition coefficient (Wildman–Crippen LogP) is 3.03. The van der Waals surface area contributed by atoms with Crippen LogP contribution in [0.15, 0.2) is 12.1 Å². The van der Waals surface area contributed by atoms with Gasteiger partial charge in [-0.25, -0.2) is 17.6 Å². The number of Topliss-reactive ketones (excluding diaryl/α,β-unsaturated/α-hetero) is 1. The minimum absolute atomic E-state index is 0.335. The molecule has 0 heterocycles. The first-order valence-electron chi connectivity index (χ1n) is 4.11. The lowest BCUT2D eigenvalue weighted by molar-refractivity contribution is 0.0750. The van der Waals surface area contributed by atoms with Crippen molar-refractivity contribution in [3.8, 4) is 0 Å². The molecule has 0 fully saturated rings. The van der Waals surface area contributed by atoms with Crippen LogP contribution in [0.5, 0.6) is 0 Å². The van der Waals surface area contributed by atoms with E-state index >= 15 is 0 Å². The number of halogens is 4. The fraction of sp³-hybridized carbons (Fsp3) is 0.300. The molecule has 0 aliphatic heterocycles. The highest BCUT2D eigenvalue weighted by atomic mass is 19.2. The first kappa shape index (κ1) is 11.7. The SMILES string of the molecule is CC(C)(F)C(=O)c1c(F)cc(F)cc1F. The number of alkyl halides is 1. The largest absolute Gasteiger partial charge is 0.290 e. The molecule has 15 heavy (non-hydrogen) atoms. The summed E-state index contributed by atoms with van der Waals surface area (Å²) in [6.45, 7) is 1.75. The lowest BCUT2D eigenvalue weighted by Gasteiger charge is -2.13. The van der Waals surface area contributed by atoms with Gasteiger partial charge in [-0.15, -0.1) is 0 Å². The second-order valence-electron chi connectivity index (χ2n) is 3.55. The van der Waals surface area contributed by atoms with Crippen molar-refractivity contribution in [2.24, 2.45) is 0 Å². The standard InChI is InChI=1S/C10H8F4O/c1-10(2,14)9(15)8-6(12)3-5(11)4-7(8)13/h3-4H,1-2H3. The van der Waals surface area contributed by atoms with Gasteiger partial charge in [0.05, 0.1) is 5.56 Å². The van der Waals surface area contributed by atoms with Crippen molar-refractivity contribution in [1.82, 2.24) is 0 Å². The van der Waals surface area contributed by atoms with Gasteiger partial charge in [0.2, 0.25) is 5.78 Å². The van der Waals surface area contributed by atoms with E-state index in [-0.39, 0.29) is 0 Å². The van der Waals surface area contributed by atoms with Crippen molar-refractivity contribution in [3.63, 3.8) is 0 Å². The Morgan fingerprint density at radius 3 is 1.87 bits per heavy atom. The number of carbonyl (C=O) groups is 1. The summed E-state index contributed by atoms with van der Waals surface area (Å²) in [5, 5.41) is 0. The zero-order valence-electron chi connectivity index (χ0n) is 8.07. The van der Waals surface area contributed by atoms with Gasteiger partial charge in [0.25, 0.3) is 0 Å². The molecule has 82 valence electrons. The van der Waals surface area contributed by atoms with Crippen LogP contribution in [0.3, 0.4) is 0 Å². The molecule has 0 atom stereocenters. The maximum absolute atomic E-state index is 13.2. The van der Waals surface area contributed by atoms with Gasteiger partial charge in [0, 0.05) is 12.1 Å². The minimum Gasteiger partial charge on any atom is -0.290 e. The molecule has 0 saturated carbocycles. The van der Waals surface area contributed by atoms with Gasteiger partial charge in [-0.3, -0.25) is 4.79 Å². The molecule has 0 saturated heterocycles. The zero-order chi connectivity index (χ0) is 11.8. The third-order valence-electron chi connectivity index (χ3n) is 1.77. The number of ketones is 1. The molecular formula is C10H8F4O. The Morgan fingerprint density at radius 2 is 1.53 bits per heavy atom. The average Bonchev–Trinajstić information content (AvgIpc) is 1.99. The summed E-state index contributed by atoms with van der Waals surface area (Å²) in [6, 6.07) is 0.671. The Bertz CT molecular complexity index is 383. The molecule has 0 radical (unpaired) electrons. The Balaban J connectivity index is 3.33. The molecule has 5 heteroatoms. The van der Waals surface area contributed by atoms with Gasteiger partial charge >= 0.3 is 0 Å². The normalized spacial score (nSPS) is 11.6. The highest BCUT2D eigenvalue weighted by Crippen LogP contribution is 2.22. The van der Waals surface area contributed by atoms with Crippen molar-refractivity contribution >= 4 is 5.78 Å². The fourth-order valence-electron chi connectivity index (χ4n) is 1.06. The van der Waals surface area contributed by atoms with Crippen LogP contribution < -0.4 is 0 Å². The second-order valence-corrected chi connectivity index (χ2v) is 3.55. The third-order valence-corrected chi connectivity index (χ3v) is 1.77. The highest BCUT2D eigenvalue weighted by molar-refractivity contribution is 6.02. The molecule has 1 aromatic rings. The predicted molar refractivity (Wildman–Crippen MR) is 45.8 cm³/mol. The Hall–Kier alpha value is -1.39. The molecular weight excluding hydrogens is 212 g/mol. The molecule has 1 aromatic carbocycles. The van der Waals surface area contributed by atoms with E-state index in [1.165, 1.54) is 0 Å². The van der Waals surface area contributed by atoms with Crippen molar-refractivity contribution in [2.75, 3.05) is 0 Å². The number of hydrogen-bond donors (Lipinski definition) is 0. The van der Waals surface area contributed by atoms with Crippen molar-refractivity contribution in [3.05, 3.63) is 35.1 Å². The summed E-state index contributed by atoms with van der Waals surface area (Å²) >= 11 is 0. The van der Waals surface area contributed by atoms with Gasteiger partial charge in [0.1, 0.15) is 17.5 Å². The molecule has 0 N–H and O–H groups in total. The second kappa shape index (κ2) is 3.64. The van der Waals surface area contributed by atoms with Gasteiger partial charge in [-0.05, 0) is 13.8 Å². The Labute approximate surface area is 83.7 Å². The molecule has 0 bridgehead atoms. The zero-order valence-corrected chi connectivity index (χ0v) is 8.07. The molecule has 1 nitrogen and oxygen atoms in total. The van der Waals surface area contributed by atoms with E-state index in [1.54, 1.807) is 0 Å². The Kier molecular flexibility index (Phi) is 2.83. The summed E-state index contributed by atoms with van der Waals surface area (Å²) in [4.78, 5) is 11.2. The Morgan fingerprint density at radius 1 is 1.13 bits per heavy atom. The number of benzene rings is 1. The molecule has 0 aromatic heterocycles. The first-order chi connectivity index (χ1) is 6.73. The first-order valence-corrected chi connectivity index (χ1v) is 4.11. The van der Waals surface area contributed by atoms with Crippen LogP contribution in [0.2, 0.25) is 0 Å². The fourth-order valence-corrected chi connectivity index (χ4v) is 1.06. The maximum atomic E-state index is 13.2. The third kappa shape index (κ3) is 2.34. The minimum atomic E-state index is -2.40. The van der Waals surface area contributed by atoms with Gasteiger partial charge in [0.15, 0.2) is 5.67 Å². The summed E-state index contributed by atoms with van der Waals surface area (Å²) in [5.74, 6) is -5.30. The van der Waals surface area contributed by atoms with E-state index in [0.29, 0.717) is 12.1 Å². The number of hydrogen-bond acceptors (Lipinski definition) is 1. The van der Waals surface area contributed by atoms with Gasteiger partial charge in [-0.2, -0.15) is 0 Å². The lowest BCUT2D eigenvalue weighted by Crippen LogP contribution is -2.28. The van der Waals surface area contributed by atoms with Crippen LogP contribution in [0.25, 0.3) is 0 Å². The molecule has 1 rings (SSSR count). The molecule has 0 amide bonds.